The molecular formula is C8H15NO2. The lowest BCUT2D eigenvalue weighted by atomic mass is 9.91. The highest BCUT2D eigenvalue weighted by molar-refractivity contribution is 5.78. The number of carbonyl (C=O) groups is 1. The van der Waals surface area contributed by atoms with Gasteiger partial charge < -0.3 is 10.8 Å². The van der Waals surface area contributed by atoms with Crippen molar-refractivity contribution in [1.82, 2.24) is 0 Å². The Morgan fingerprint density at radius 1 is 1.82 bits per heavy atom. The first-order chi connectivity index (χ1) is 5.06. The normalized spacial score (nSPS) is 15.5. The molecule has 0 saturated carbocycles. The summed E-state index contributed by atoms with van der Waals surface area (Å²) in [6.07, 6.45) is 3.14. The van der Waals surface area contributed by atoms with Gasteiger partial charge in [0.05, 0.1) is 0 Å². The smallest absolute Gasteiger partial charge is 0.323 e. The van der Waals surface area contributed by atoms with E-state index in [0.717, 1.165) is 6.42 Å². The zero-order valence-electron chi connectivity index (χ0n) is 6.84. The van der Waals surface area contributed by atoms with Gasteiger partial charge in [0.15, 0.2) is 0 Å². The second-order valence-electron chi connectivity index (χ2n) is 2.70. The maximum atomic E-state index is 10.6. The van der Waals surface area contributed by atoms with Crippen LogP contribution in [0.3, 0.4) is 0 Å². The van der Waals surface area contributed by atoms with Gasteiger partial charge in [0.2, 0.25) is 0 Å². The van der Waals surface area contributed by atoms with Crippen LogP contribution in [0.25, 0.3) is 0 Å². The lowest BCUT2D eigenvalue weighted by Crippen LogP contribution is -2.47. The third-order valence-electron chi connectivity index (χ3n) is 1.63. The molecule has 11 heavy (non-hydrogen) atoms. The van der Waals surface area contributed by atoms with E-state index in [2.05, 4.69) is 6.58 Å². The van der Waals surface area contributed by atoms with E-state index in [1.807, 2.05) is 6.92 Å². The standard InChI is InChI=1S/C8H15NO2/c1-3-5-8(9,6-4-2)7(10)11/h3H,1,4-6,9H2,2H3,(H,10,11)/t8-/m1/s1. The third-order valence-corrected chi connectivity index (χ3v) is 1.63. The van der Waals surface area contributed by atoms with E-state index in [0.29, 0.717) is 12.8 Å². The summed E-state index contributed by atoms with van der Waals surface area (Å²) in [5.41, 5.74) is 4.49. The van der Waals surface area contributed by atoms with Gasteiger partial charge in [-0.25, -0.2) is 0 Å². The Labute approximate surface area is 66.9 Å². The average Bonchev–Trinajstić information content (AvgIpc) is 1.88. The number of carboxylic acid groups (broad SMARTS) is 1. The zero-order chi connectivity index (χ0) is 8.91. The first-order valence-corrected chi connectivity index (χ1v) is 3.70. The fraction of sp³-hybridized carbons (Fsp3) is 0.625. The molecule has 64 valence electrons. The van der Waals surface area contributed by atoms with Crippen molar-refractivity contribution in [3.05, 3.63) is 12.7 Å². The van der Waals surface area contributed by atoms with Crippen molar-refractivity contribution in [1.29, 1.82) is 0 Å². The second-order valence-corrected chi connectivity index (χ2v) is 2.70. The SMILES string of the molecule is C=CC[C@@](N)(CCC)C(=O)O. The van der Waals surface area contributed by atoms with E-state index in [1.165, 1.54) is 0 Å². The molecule has 0 radical (unpaired) electrons. The Morgan fingerprint density at radius 3 is 2.64 bits per heavy atom. The van der Waals surface area contributed by atoms with Gasteiger partial charge in [-0.1, -0.05) is 19.4 Å². The van der Waals surface area contributed by atoms with E-state index in [-0.39, 0.29) is 0 Å². The minimum atomic E-state index is -1.10. The van der Waals surface area contributed by atoms with Crippen molar-refractivity contribution in [2.24, 2.45) is 5.73 Å². The first kappa shape index (κ1) is 10.2. The van der Waals surface area contributed by atoms with Crippen molar-refractivity contribution < 1.29 is 9.90 Å². The Kier molecular flexibility index (Phi) is 3.82. The highest BCUT2D eigenvalue weighted by atomic mass is 16.4. The minimum absolute atomic E-state index is 0.330. The molecule has 0 heterocycles. The fourth-order valence-corrected chi connectivity index (χ4v) is 1.000. The molecule has 0 saturated heterocycles. The Bertz CT molecular complexity index is 156. The van der Waals surface area contributed by atoms with E-state index >= 15 is 0 Å². The summed E-state index contributed by atoms with van der Waals surface area (Å²) in [4.78, 5) is 10.6. The molecule has 0 aliphatic heterocycles. The highest BCUT2D eigenvalue weighted by Crippen LogP contribution is 2.14. The Hall–Kier alpha value is -0.830. The fourth-order valence-electron chi connectivity index (χ4n) is 1.000. The molecule has 0 rings (SSSR count). The summed E-state index contributed by atoms with van der Waals surface area (Å²) < 4.78 is 0. The largest absolute Gasteiger partial charge is 0.480 e. The molecule has 3 heteroatoms. The molecule has 0 fully saturated rings. The monoisotopic (exact) mass is 157 g/mol. The van der Waals surface area contributed by atoms with Gasteiger partial charge >= 0.3 is 5.97 Å². The number of nitrogens with two attached hydrogens (primary N) is 1. The number of hydrogen-bond donors (Lipinski definition) is 2. The van der Waals surface area contributed by atoms with Crippen LogP contribution in [0.2, 0.25) is 0 Å². The summed E-state index contributed by atoms with van der Waals surface area (Å²) in [6, 6.07) is 0. The number of rotatable bonds is 5. The molecule has 3 nitrogen and oxygen atoms in total. The summed E-state index contributed by atoms with van der Waals surface area (Å²) in [6.45, 7) is 5.38. The van der Waals surface area contributed by atoms with Gasteiger partial charge in [-0.15, -0.1) is 6.58 Å². The predicted octanol–water partition coefficient (Wildman–Crippen LogP) is 1.14. The third kappa shape index (κ3) is 2.72. The van der Waals surface area contributed by atoms with Gasteiger partial charge in [-0.05, 0) is 12.8 Å². The Morgan fingerprint density at radius 2 is 2.36 bits per heavy atom. The molecule has 0 bridgehead atoms. The van der Waals surface area contributed by atoms with Crippen LogP contribution in [0.5, 0.6) is 0 Å². The van der Waals surface area contributed by atoms with Gasteiger partial charge in [0.25, 0.3) is 0 Å². The molecule has 0 amide bonds. The predicted molar refractivity (Wildman–Crippen MR) is 44.3 cm³/mol. The summed E-state index contributed by atoms with van der Waals surface area (Å²) in [5, 5.41) is 8.72. The zero-order valence-corrected chi connectivity index (χ0v) is 6.84. The highest BCUT2D eigenvalue weighted by Gasteiger charge is 2.30. The first-order valence-electron chi connectivity index (χ1n) is 3.70. The van der Waals surface area contributed by atoms with Crippen LogP contribution in [0.4, 0.5) is 0 Å². The van der Waals surface area contributed by atoms with Crippen LogP contribution >= 0.6 is 0 Å². The Balaban J connectivity index is 4.24. The van der Waals surface area contributed by atoms with Crippen LogP contribution in [0, 0.1) is 0 Å². The molecule has 0 aromatic rings. The van der Waals surface area contributed by atoms with Gasteiger partial charge in [-0.2, -0.15) is 0 Å². The molecule has 0 aliphatic rings. The van der Waals surface area contributed by atoms with Crippen LogP contribution < -0.4 is 5.73 Å². The van der Waals surface area contributed by atoms with Crippen LogP contribution in [-0.4, -0.2) is 16.6 Å². The second kappa shape index (κ2) is 4.13. The molecular weight excluding hydrogens is 142 g/mol. The topological polar surface area (TPSA) is 63.3 Å². The molecule has 0 aromatic heterocycles. The van der Waals surface area contributed by atoms with Gasteiger partial charge in [0.1, 0.15) is 5.54 Å². The molecule has 0 aliphatic carbocycles. The van der Waals surface area contributed by atoms with Crippen molar-refractivity contribution in [2.45, 2.75) is 31.7 Å². The van der Waals surface area contributed by atoms with E-state index in [1.54, 1.807) is 6.08 Å². The molecule has 0 unspecified atom stereocenters. The average molecular weight is 157 g/mol. The lowest BCUT2D eigenvalue weighted by Gasteiger charge is -2.21. The minimum Gasteiger partial charge on any atom is -0.480 e. The summed E-state index contributed by atoms with van der Waals surface area (Å²) in [7, 11) is 0. The summed E-state index contributed by atoms with van der Waals surface area (Å²) >= 11 is 0. The van der Waals surface area contributed by atoms with Gasteiger partial charge in [0, 0.05) is 0 Å². The van der Waals surface area contributed by atoms with Crippen LogP contribution in [-0.2, 0) is 4.79 Å². The van der Waals surface area contributed by atoms with E-state index < -0.39 is 11.5 Å². The maximum Gasteiger partial charge on any atom is 0.323 e. The van der Waals surface area contributed by atoms with Crippen molar-refractivity contribution >= 4 is 5.97 Å². The van der Waals surface area contributed by atoms with E-state index in [4.69, 9.17) is 10.8 Å². The van der Waals surface area contributed by atoms with Crippen molar-refractivity contribution in [2.75, 3.05) is 0 Å². The quantitative estimate of drug-likeness (QED) is 0.588. The summed E-state index contributed by atoms with van der Waals surface area (Å²) in [5.74, 6) is -0.945. The van der Waals surface area contributed by atoms with Crippen molar-refractivity contribution in [3.8, 4) is 0 Å². The number of aliphatic carboxylic acids is 1. The van der Waals surface area contributed by atoms with Gasteiger partial charge in [-0.3, -0.25) is 4.79 Å². The molecule has 3 N–H and O–H groups in total. The maximum absolute atomic E-state index is 10.6. The van der Waals surface area contributed by atoms with Crippen LogP contribution in [0.1, 0.15) is 26.2 Å². The van der Waals surface area contributed by atoms with Crippen LogP contribution in [0.15, 0.2) is 12.7 Å². The molecule has 0 aromatic carbocycles. The number of hydrogen-bond acceptors (Lipinski definition) is 2. The lowest BCUT2D eigenvalue weighted by molar-refractivity contribution is -0.143. The number of carboxylic acids is 1. The molecule has 1 atom stereocenters. The van der Waals surface area contributed by atoms with E-state index in [9.17, 15) is 4.79 Å². The van der Waals surface area contributed by atoms with Crippen molar-refractivity contribution in [3.63, 3.8) is 0 Å². The molecule has 0 spiro atoms.